The Labute approximate surface area is 204 Å². The van der Waals surface area contributed by atoms with Gasteiger partial charge < -0.3 is 10.1 Å². The first kappa shape index (κ1) is 28.9. The first-order valence-electron chi connectivity index (χ1n) is 11.7. The molecule has 1 aromatic rings. The number of carbonyl (C=O) groups excluding carboxylic acids is 4. The maximum Gasteiger partial charge on any atom is 0.311 e. The predicted molar refractivity (Wildman–Crippen MR) is 117 cm³/mol. The minimum Gasteiger partial charge on any atom is -0.420 e. The number of ether oxygens (including phenoxy) is 1. The fraction of sp³-hybridized carbons (Fsp3) is 0.500. The lowest BCUT2D eigenvalue weighted by Crippen LogP contribution is -2.38. The summed E-state index contributed by atoms with van der Waals surface area (Å²) in [4.78, 5) is 47.3. The molecule has 0 atom stereocenters. The number of esters is 1. The highest BCUT2D eigenvalue weighted by Crippen LogP contribution is 2.29. The molecule has 1 heterocycles. The van der Waals surface area contributed by atoms with Crippen LogP contribution in [-0.4, -0.2) is 41.7 Å². The van der Waals surface area contributed by atoms with Crippen molar-refractivity contribution in [2.45, 2.75) is 64.2 Å². The second-order valence-corrected chi connectivity index (χ2v) is 8.21. The van der Waals surface area contributed by atoms with Gasteiger partial charge in [-0.1, -0.05) is 38.5 Å². The summed E-state index contributed by atoms with van der Waals surface area (Å²) in [6.45, 7) is 0.332. The van der Waals surface area contributed by atoms with Gasteiger partial charge in [-0.05, 0) is 12.8 Å². The van der Waals surface area contributed by atoms with Gasteiger partial charge in [0.2, 0.25) is 40.7 Å². The summed E-state index contributed by atoms with van der Waals surface area (Å²) in [5.74, 6) is -14.7. The largest absolute Gasteiger partial charge is 0.420 e. The highest BCUT2D eigenvalue weighted by atomic mass is 19.2. The van der Waals surface area contributed by atoms with E-state index >= 15 is 0 Å². The number of nitrogens with zero attached hydrogens (tertiary/aromatic N) is 1. The van der Waals surface area contributed by atoms with Crippen LogP contribution in [-0.2, 0) is 19.2 Å². The van der Waals surface area contributed by atoms with Crippen molar-refractivity contribution in [2.24, 2.45) is 0 Å². The van der Waals surface area contributed by atoms with Crippen LogP contribution in [0.3, 0.4) is 0 Å². The number of amides is 3. The minimum atomic E-state index is -2.32. The molecule has 0 unspecified atom stereocenters. The zero-order valence-corrected chi connectivity index (χ0v) is 19.5. The number of carbonyl (C=O) groups is 4. The van der Waals surface area contributed by atoms with Crippen LogP contribution < -0.4 is 10.1 Å². The Hall–Kier alpha value is -3.31. The Morgan fingerprint density at radius 1 is 0.694 bits per heavy atom. The highest BCUT2D eigenvalue weighted by Gasteiger charge is 2.28. The summed E-state index contributed by atoms with van der Waals surface area (Å²) in [5.41, 5.74) is 0. The molecule has 0 aliphatic carbocycles. The van der Waals surface area contributed by atoms with Crippen molar-refractivity contribution in [1.82, 2.24) is 10.2 Å². The summed E-state index contributed by atoms with van der Waals surface area (Å²) in [6.07, 6.45) is 8.41. The topological polar surface area (TPSA) is 92.8 Å². The van der Waals surface area contributed by atoms with Crippen molar-refractivity contribution >= 4 is 23.7 Å². The molecule has 3 amide bonds. The molecule has 0 saturated carbocycles. The van der Waals surface area contributed by atoms with Crippen LogP contribution in [0.1, 0.15) is 64.2 Å². The van der Waals surface area contributed by atoms with Gasteiger partial charge in [0.1, 0.15) is 0 Å². The van der Waals surface area contributed by atoms with E-state index in [4.69, 9.17) is 0 Å². The van der Waals surface area contributed by atoms with Gasteiger partial charge in [0.15, 0.2) is 0 Å². The average molecular weight is 518 g/mol. The minimum absolute atomic E-state index is 0.130. The molecule has 1 aliphatic heterocycles. The number of imide groups is 1. The van der Waals surface area contributed by atoms with Gasteiger partial charge in [-0.3, -0.25) is 24.1 Å². The highest BCUT2D eigenvalue weighted by molar-refractivity contribution is 6.12. The van der Waals surface area contributed by atoms with Crippen molar-refractivity contribution in [3.05, 3.63) is 41.2 Å². The first-order valence-corrected chi connectivity index (χ1v) is 11.7. The summed E-state index contributed by atoms with van der Waals surface area (Å²) < 4.78 is 70.6. The maximum absolute atomic E-state index is 13.5. The third-order valence-corrected chi connectivity index (χ3v) is 5.48. The molecule has 0 bridgehead atoms. The normalized spacial score (nSPS) is 13.0. The monoisotopic (exact) mass is 518 g/mol. The number of hydrogen-bond donors (Lipinski definition) is 1. The van der Waals surface area contributed by atoms with E-state index in [1.165, 1.54) is 12.2 Å². The molecule has 0 fully saturated rings. The molecule has 0 spiro atoms. The fourth-order valence-electron chi connectivity index (χ4n) is 3.50. The van der Waals surface area contributed by atoms with Gasteiger partial charge in [-0.2, -0.15) is 8.78 Å². The molecule has 0 saturated heterocycles. The zero-order chi connectivity index (χ0) is 26.7. The van der Waals surface area contributed by atoms with Crippen molar-refractivity contribution in [3.8, 4) is 5.75 Å². The van der Waals surface area contributed by atoms with Gasteiger partial charge >= 0.3 is 5.97 Å². The third kappa shape index (κ3) is 8.42. The molecular weight excluding hydrogens is 491 g/mol. The van der Waals surface area contributed by atoms with Crippen LogP contribution in [0.4, 0.5) is 22.0 Å². The number of nitrogens with one attached hydrogen (secondary N) is 1. The third-order valence-electron chi connectivity index (χ3n) is 5.48. The van der Waals surface area contributed by atoms with Gasteiger partial charge in [-0.15, -0.1) is 0 Å². The van der Waals surface area contributed by atoms with E-state index in [1.807, 2.05) is 0 Å². The number of rotatable bonds is 15. The Morgan fingerprint density at radius 3 is 1.67 bits per heavy atom. The number of halogens is 5. The molecule has 198 valence electrons. The van der Waals surface area contributed by atoms with E-state index in [-0.39, 0.29) is 25.4 Å². The van der Waals surface area contributed by atoms with E-state index in [0.717, 1.165) is 37.0 Å². The Balaban J connectivity index is 1.47. The van der Waals surface area contributed by atoms with E-state index < -0.39 is 52.6 Å². The van der Waals surface area contributed by atoms with Gasteiger partial charge in [0.05, 0.1) is 0 Å². The van der Waals surface area contributed by atoms with Crippen LogP contribution in [0.15, 0.2) is 12.2 Å². The summed E-state index contributed by atoms with van der Waals surface area (Å²) in [5, 5.41) is 2.67. The lowest BCUT2D eigenvalue weighted by Gasteiger charge is -2.13. The van der Waals surface area contributed by atoms with Gasteiger partial charge in [0.25, 0.3) is 11.8 Å². The molecule has 0 aromatic heterocycles. The van der Waals surface area contributed by atoms with Crippen LogP contribution in [0, 0.1) is 29.1 Å². The quantitative estimate of drug-likeness (QED) is 0.0714. The zero-order valence-electron chi connectivity index (χ0n) is 19.5. The van der Waals surface area contributed by atoms with Crippen molar-refractivity contribution < 1.29 is 45.9 Å². The van der Waals surface area contributed by atoms with Crippen LogP contribution in [0.25, 0.3) is 0 Å². The van der Waals surface area contributed by atoms with E-state index in [9.17, 15) is 41.1 Å². The Morgan fingerprint density at radius 2 is 1.14 bits per heavy atom. The van der Waals surface area contributed by atoms with E-state index in [2.05, 4.69) is 10.1 Å². The summed E-state index contributed by atoms with van der Waals surface area (Å²) in [7, 11) is 0. The summed E-state index contributed by atoms with van der Waals surface area (Å²) in [6, 6.07) is 0. The smallest absolute Gasteiger partial charge is 0.311 e. The van der Waals surface area contributed by atoms with Gasteiger partial charge in [-0.25, -0.2) is 13.2 Å². The number of benzene rings is 1. The standard InChI is InChI=1S/C24H27F5N2O5/c25-19-20(26)22(28)24(23(29)21(19)27)36-18(35)10-8-6-4-2-1-3-5-7-9-15(32)30-13-14-31-16(33)11-12-17(31)34/h11-12H,1-10,13-14H2,(H,30,32). The number of hydrogen-bond acceptors (Lipinski definition) is 5. The Bertz CT molecular complexity index is 968. The van der Waals surface area contributed by atoms with Crippen LogP contribution in [0.2, 0.25) is 0 Å². The summed E-state index contributed by atoms with van der Waals surface area (Å²) >= 11 is 0. The van der Waals surface area contributed by atoms with Crippen molar-refractivity contribution in [3.63, 3.8) is 0 Å². The predicted octanol–water partition coefficient (Wildman–Crippen LogP) is 4.23. The lowest BCUT2D eigenvalue weighted by atomic mass is 10.1. The SMILES string of the molecule is O=C(CCCCCCCCCCC(=O)Oc1c(F)c(F)c(F)c(F)c1F)NCCN1C(=O)C=CC1=O. The molecule has 2 rings (SSSR count). The van der Waals surface area contributed by atoms with E-state index in [0.29, 0.717) is 25.7 Å². The fourth-order valence-corrected chi connectivity index (χ4v) is 3.50. The van der Waals surface area contributed by atoms with E-state index in [1.54, 1.807) is 0 Å². The van der Waals surface area contributed by atoms with Crippen LogP contribution in [0.5, 0.6) is 5.75 Å². The molecule has 36 heavy (non-hydrogen) atoms. The second-order valence-electron chi connectivity index (χ2n) is 8.21. The second kappa shape index (κ2) is 14.3. The Kier molecular flexibility index (Phi) is 11.5. The first-order chi connectivity index (χ1) is 17.1. The van der Waals surface area contributed by atoms with Crippen molar-refractivity contribution in [1.29, 1.82) is 0 Å². The maximum atomic E-state index is 13.5. The van der Waals surface area contributed by atoms with Crippen LogP contribution >= 0.6 is 0 Å². The number of unbranched alkanes of at least 4 members (excludes halogenated alkanes) is 7. The molecule has 0 radical (unpaired) electrons. The molecule has 1 aromatic carbocycles. The molecule has 1 aliphatic rings. The van der Waals surface area contributed by atoms with Crippen molar-refractivity contribution in [2.75, 3.05) is 13.1 Å². The molecular formula is C24H27F5N2O5. The average Bonchev–Trinajstić information content (AvgIpc) is 3.17. The molecule has 7 nitrogen and oxygen atoms in total. The lowest BCUT2D eigenvalue weighted by molar-refractivity contribution is -0.137. The molecule has 12 heteroatoms. The van der Waals surface area contributed by atoms with Gasteiger partial charge in [0, 0.05) is 38.1 Å². The molecule has 1 N–H and O–H groups in total.